The largest absolute Gasteiger partial charge is 0.347 e. The molecule has 2 aromatic rings. The molecule has 0 saturated heterocycles. The highest BCUT2D eigenvalue weighted by Gasteiger charge is 2.51. The first-order valence-electron chi connectivity index (χ1n) is 11.9. The number of fused-ring (bicyclic) bond motifs is 1. The van der Waals surface area contributed by atoms with Crippen LogP contribution in [-0.4, -0.2) is 37.3 Å². The summed E-state index contributed by atoms with van der Waals surface area (Å²) in [6.45, 7) is 4.45. The summed E-state index contributed by atoms with van der Waals surface area (Å²) in [5.74, 6) is 4.48. The second-order valence-electron chi connectivity index (χ2n) is 10.7. The van der Waals surface area contributed by atoms with Crippen molar-refractivity contribution in [2.24, 2.45) is 23.2 Å². The third kappa shape index (κ3) is 3.77. The minimum Gasteiger partial charge on any atom is -0.347 e. The zero-order valence-electron chi connectivity index (χ0n) is 18.4. The fraction of sp³-hybridized carbons (Fsp3) is 0.667. The molecule has 7 rings (SSSR count). The molecule has 0 atom stereocenters. The number of amides is 1. The SMILES string of the molecule is Cc1c[nH]c(CN2CCc3c(ncnc3NC(=O)CC34CC5CC(CC(C5)C3)C4)C2)n1. The van der Waals surface area contributed by atoms with Crippen LogP contribution in [0.25, 0.3) is 0 Å². The quantitative estimate of drug-likeness (QED) is 0.772. The Kier molecular flexibility index (Phi) is 4.63. The van der Waals surface area contributed by atoms with Crippen LogP contribution in [0.1, 0.15) is 67.7 Å². The van der Waals surface area contributed by atoms with Gasteiger partial charge in [0.15, 0.2) is 0 Å². The van der Waals surface area contributed by atoms with Crippen molar-refractivity contribution in [2.45, 2.75) is 71.4 Å². The highest BCUT2D eigenvalue weighted by atomic mass is 16.1. The van der Waals surface area contributed by atoms with Crippen LogP contribution in [0.3, 0.4) is 0 Å². The maximum absolute atomic E-state index is 13.1. The number of aromatic amines is 1. The normalized spacial score (nSPS) is 31.6. The number of aromatic nitrogens is 4. The third-order valence-corrected chi connectivity index (χ3v) is 8.18. The average Bonchev–Trinajstić information content (AvgIpc) is 3.11. The smallest absolute Gasteiger partial charge is 0.226 e. The lowest BCUT2D eigenvalue weighted by atomic mass is 9.49. The van der Waals surface area contributed by atoms with E-state index in [1.165, 1.54) is 38.5 Å². The first-order valence-corrected chi connectivity index (χ1v) is 11.9. The monoisotopic (exact) mass is 420 g/mol. The number of anilines is 1. The van der Waals surface area contributed by atoms with Gasteiger partial charge in [0.1, 0.15) is 18.0 Å². The van der Waals surface area contributed by atoms with E-state index >= 15 is 0 Å². The molecule has 4 bridgehead atoms. The molecule has 4 aliphatic carbocycles. The van der Waals surface area contributed by atoms with E-state index in [0.717, 1.165) is 72.4 Å². The first kappa shape index (κ1) is 19.4. The van der Waals surface area contributed by atoms with Crippen LogP contribution in [0.15, 0.2) is 12.5 Å². The van der Waals surface area contributed by atoms with Gasteiger partial charge in [-0.05, 0) is 75.0 Å². The Morgan fingerprint density at radius 2 is 1.94 bits per heavy atom. The molecule has 4 saturated carbocycles. The molecule has 7 heteroatoms. The van der Waals surface area contributed by atoms with Crippen molar-refractivity contribution in [1.29, 1.82) is 0 Å². The summed E-state index contributed by atoms with van der Waals surface area (Å²) < 4.78 is 0. The van der Waals surface area contributed by atoms with E-state index in [1.54, 1.807) is 6.33 Å². The van der Waals surface area contributed by atoms with Gasteiger partial charge in [0.25, 0.3) is 0 Å². The molecule has 0 spiro atoms. The molecule has 3 heterocycles. The Labute approximate surface area is 183 Å². The van der Waals surface area contributed by atoms with Crippen molar-refractivity contribution in [3.8, 4) is 0 Å². The van der Waals surface area contributed by atoms with Gasteiger partial charge in [-0.2, -0.15) is 0 Å². The summed E-state index contributed by atoms with van der Waals surface area (Å²) in [7, 11) is 0. The molecule has 0 radical (unpaired) electrons. The van der Waals surface area contributed by atoms with E-state index in [9.17, 15) is 4.79 Å². The number of hydrogen-bond acceptors (Lipinski definition) is 5. The summed E-state index contributed by atoms with van der Waals surface area (Å²) in [5, 5.41) is 3.19. The first-order chi connectivity index (χ1) is 15.0. The van der Waals surface area contributed by atoms with Gasteiger partial charge in [0.2, 0.25) is 5.91 Å². The standard InChI is InChI=1S/C24H32N6O/c1-15-11-25-21(28-15)13-30-3-2-19-20(12-30)26-14-27-23(19)29-22(31)10-24-7-16-4-17(8-24)6-18(5-16)9-24/h11,14,16-18H,2-10,12-13H2,1H3,(H,25,28)(H,26,27,29,31). The second-order valence-corrected chi connectivity index (χ2v) is 10.7. The predicted octanol–water partition coefficient (Wildman–Crippen LogP) is 3.61. The van der Waals surface area contributed by atoms with E-state index in [4.69, 9.17) is 0 Å². The van der Waals surface area contributed by atoms with E-state index in [0.29, 0.717) is 6.42 Å². The van der Waals surface area contributed by atoms with Gasteiger partial charge in [-0.3, -0.25) is 9.69 Å². The highest BCUT2D eigenvalue weighted by Crippen LogP contribution is 2.61. The number of rotatable bonds is 5. The van der Waals surface area contributed by atoms with Crippen LogP contribution >= 0.6 is 0 Å². The van der Waals surface area contributed by atoms with Crippen molar-refractivity contribution in [3.05, 3.63) is 35.3 Å². The summed E-state index contributed by atoms with van der Waals surface area (Å²) in [5.41, 5.74) is 3.39. The maximum atomic E-state index is 13.1. The summed E-state index contributed by atoms with van der Waals surface area (Å²) >= 11 is 0. The van der Waals surface area contributed by atoms with Crippen LogP contribution in [-0.2, 0) is 24.3 Å². The van der Waals surface area contributed by atoms with Crippen LogP contribution in [0.4, 0.5) is 5.82 Å². The number of carbonyl (C=O) groups is 1. The van der Waals surface area contributed by atoms with Crippen LogP contribution in [0, 0.1) is 30.1 Å². The maximum Gasteiger partial charge on any atom is 0.226 e. The summed E-state index contributed by atoms with van der Waals surface area (Å²) in [4.78, 5) is 32.2. The van der Waals surface area contributed by atoms with Crippen molar-refractivity contribution in [2.75, 3.05) is 11.9 Å². The van der Waals surface area contributed by atoms with Crippen molar-refractivity contribution < 1.29 is 4.79 Å². The van der Waals surface area contributed by atoms with Gasteiger partial charge in [-0.25, -0.2) is 15.0 Å². The van der Waals surface area contributed by atoms with E-state index in [1.807, 2.05) is 13.1 Å². The number of H-pyrrole nitrogens is 1. The molecular weight excluding hydrogens is 388 g/mol. The second kappa shape index (κ2) is 7.40. The fourth-order valence-electron chi connectivity index (χ4n) is 7.43. The van der Waals surface area contributed by atoms with E-state index in [-0.39, 0.29) is 11.3 Å². The Morgan fingerprint density at radius 3 is 2.61 bits per heavy atom. The zero-order chi connectivity index (χ0) is 21.0. The predicted molar refractivity (Wildman–Crippen MR) is 117 cm³/mol. The Morgan fingerprint density at radius 1 is 1.19 bits per heavy atom. The minimum absolute atomic E-state index is 0.149. The number of nitrogens with one attached hydrogen (secondary N) is 2. The molecule has 2 aromatic heterocycles. The van der Waals surface area contributed by atoms with Crippen LogP contribution in [0.5, 0.6) is 0 Å². The topological polar surface area (TPSA) is 86.8 Å². The van der Waals surface area contributed by atoms with Crippen LogP contribution in [0.2, 0.25) is 0 Å². The minimum atomic E-state index is 0.149. The van der Waals surface area contributed by atoms with E-state index in [2.05, 4.69) is 30.2 Å². The molecule has 164 valence electrons. The molecule has 7 nitrogen and oxygen atoms in total. The van der Waals surface area contributed by atoms with Gasteiger partial charge in [-0.1, -0.05) is 0 Å². The lowest BCUT2D eigenvalue weighted by Crippen LogP contribution is -2.47. The molecule has 5 aliphatic rings. The van der Waals surface area contributed by atoms with Gasteiger partial charge >= 0.3 is 0 Å². The molecular formula is C24H32N6O. The lowest BCUT2D eigenvalue weighted by Gasteiger charge is -2.56. The zero-order valence-corrected chi connectivity index (χ0v) is 18.4. The molecule has 0 unspecified atom stereocenters. The fourth-order valence-corrected chi connectivity index (χ4v) is 7.43. The number of nitrogens with zero attached hydrogens (tertiary/aromatic N) is 4. The molecule has 31 heavy (non-hydrogen) atoms. The number of aryl methyl sites for hydroxylation is 1. The molecule has 4 fully saturated rings. The van der Waals surface area contributed by atoms with Crippen molar-refractivity contribution in [3.63, 3.8) is 0 Å². The highest BCUT2D eigenvalue weighted by molar-refractivity contribution is 5.91. The number of imidazole rings is 1. The molecule has 1 aliphatic heterocycles. The number of hydrogen-bond donors (Lipinski definition) is 2. The Balaban J connectivity index is 1.13. The molecule has 0 aromatic carbocycles. The number of carbonyl (C=O) groups excluding carboxylic acids is 1. The lowest BCUT2D eigenvalue weighted by molar-refractivity contribution is -0.124. The van der Waals surface area contributed by atoms with E-state index < -0.39 is 0 Å². The van der Waals surface area contributed by atoms with Gasteiger partial charge in [0.05, 0.1) is 17.9 Å². The molecule has 2 N–H and O–H groups in total. The molecule has 1 amide bonds. The van der Waals surface area contributed by atoms with Crippen molar-refractivity contribution in [1.82, 2.24) is 24.8 Å². The van der Waals surface area contributed by atoms with Crippen molar-refractivity contribution >= 4 is 11.7 Å². The summed E-state index contributed by atoms with van der Waals surface area (Å²) in [6.07, 6.45) is 13.1. The van der Waals surface area contributed by atoms with Gasteiger partial charge < -0.3 is 10.3 Å². The van der Waals surface area contributed by atoms with Gasteiger partial charge in [0, 0.05) is 31.3 Å². The Bertz CT molecular complexity index is 962. The van der Waals surface area contributed by atoms with Gasteiger partial charge in [-0.15, -0.1) is 0 Å². The average molecular weight is 421 g/mol. The van der Waals surface area contributed by atoms with Crippen LogP contribution < -0.4 is 5.32 Å². The summed E-state index contributed by atoms with van der Waals surface area (Å²) in [6, 6.07) is 0. The third-order valence-electron chi connectivity index (χ3n) is 8.18. The Hall–Kier alpha value is -2.28.